The summed E-state index contributed by atoms with van der Waals surface area (Å²) in [6.07, 6.45) is 5.29. The van der Waals surface area contributed by atoms with E-state index < -0.39 is 0 Å². The third kappa shape index (κ3) is 2.76. The second-order valence-corrected chi connectivity index (χ2v) is 4.65. The van der Waals surface area contributed by atoms with Crippen molar-refractivity contribution in [3.05, 3.63) is 29.8 Å². The van der Waals surface area contributed by atoms with Crippen LogP contribution in [-0.2, 0) is 0 Å². The van der Waals surface area contributed by atoms with E-state index >= 15 is 0 Å². The lowest BCUT2D eigenvalue weighted by atomic mass is 9.91. The molecule has 1 aliphatic carbocycles. The molecule has 0 saturated heterocycles. The third-order valence-corrected chi connectivity index (χ3v) is 3.46. The van der Waals surface area contributed by atoms with Gasteiger partial charge < -0.3 is 9.84 Å². The molecule has 1 N–H and O–H groups in total. The summed E-state index contributed by atoms with van der Waals surface area (Å²) < 4.78 is 5.24. The number of benzene rings is 1. The van der Waals surface area contributed by atoms with Crippen LogP contribution in [0.4, 0.5) is 0 Å². The topological polar surface area (TPSA) is 29.5 Å². The summed E-state index contributed by atoms with van der Waals surface area (Å²) in [5.74, 6) is 1.41. The number of methoxy groups -OCH3 is 1. The Labute approximate surface area is 97.3 Å². The summed E-state index contributed by atoms with van der Waals surface area (Å²) in [5.41, 5.74) is 1.31. The monoisotopic (exact) mass is 220 g/mol. The lowest BCUT2D eigenvalue weighted by Crippen LogP contribution is -2.09. The zero-order valence-electron chi connectivity index (χ0n) is 9.86. The van der Waals surface area contributed by atoms with Gasteiger partial charge in [-0.1, -0.05) is 25.0 Å². The molecule has 0 spiro atoms. The molecule has 1 aromatic rings. The first-order valence-electron chi connectivity index (χ1n) is 6.11. The molecule has 2 atom stereocenters. The minimum absolute atomic E-state index is 0.126. The average molecular weight is 220 g/mol. The fraction of sp³-hybridized carbons (Fsp3) is 0.571. The van der Waals surface area contributed by atoms with Crippen molar-refractivity contribution in [3.8, 4) is 5.75 Å². The second-order valence-electron chi connectivity index (χ2n) is 4.65. The highest BCUT2D eigenvalue weighted by atomic mass is 16.5. The average Bonchev–Trinajstić information content (AvgIpc) is 2.54. The molecule has 0 heterocycles. The van der Waals surface area contributed by atoms with Gasteiger partial charge in [0.25, 0.3) is 0 Å². The van der Waals surface area contributed by atoms with Crippen molar-refractivity contribution in [2.75, 3.05) is 7.11 Å². The molecule has 2 nitrogen and oxygen atoms in total. The van der Waals surface area contributed by atoms with Gasteiger partial charge in [0.1, 0.15) is 5.75 Å². The fourth-order valence-electron chi connectivity index (χ4n) is 2.53. The van der Waals surface area contributed by atoms with E-state index in [-0.39, 0.29) is 6.10 Å². The normalized spacial score (nSPS) is 26.1. The molecule has 0 amide bonds. The molecule has 2 heteroatoms. The third-order valence-electron chi connectivity index (χ3n) is 3.46. The molecule has 1 aliphatic rings. The summed E-state index contributed by atoms with van der Waals surface area (Å²) in [6.45, 7) is 0. The first-order chi connectivity index (χ1) is 7.79. The van der Waals surface area contributed by atoms with Crippen LogP contribution < -0.4 is 4.74 Å². The Morgan fingerprint density at radius 3 is 2.88 bits per heavy atom. The van der Waals surface area contributed by atoms with E-state index in [0.29, 0.717) is 5.92 Å². The predicted octanol–water partition coefficient (Wildman–Crippen LogP) is 3.10. The van der Waals surface area contributed by atoms with Crippen molar-refractivity contribution in [3.63, 3.8) is 0 Å². The minimum atomic E-state index is -0.126. The Morgan fingerprint density at radius 1 is 1.25 bits per heavy atom. The van der Waals surface area contributed by atoms with Gasteiger partial charge in [0.15, 0.2) is 0 Å². The number of ether oxygens (including phenoxy) is 1. The number of aliphatic hydroxyl groups excluding tert-OH is 1. The molecule has 0 aliphatic heterocycles. The first kappa shape index (κ1) is 11.5. The number of aliphatic hydroxyl groups is 1. The zero-order valence-corrected chi connectivity index (χ0v) is 9.86. The Hall–Kier alpha value is -1.02. The van der Waals surface area contributed by atoms with Gasteiger partial charge in [-0.25, -0.2) is 0 Å². The molecule has 16 heavy (non-hydrogen) atoms. The summed E-state index contributed by atoms with van der Waals surface area (Å²) >= 11 is 0. The standard InChI is InChI=1S/C14H20O2/c1-16-14-8-4-6-12(10-14)11-5-2-3-7-13(15)9-11/h4,6,8,10-11,13,15H,2-3,5,7,9H2,1H3. The van der Waals surface area contributed by atoms with E-state index in [1.807, 2.05) is 12.1 Å². The first-order valence-corrected chi connectivity index (χ1v) is 6.11. The number of rotatable bonds is 2. The number of hydrogen-bond acceptors (Lipinski definition) is 2. The smallest absolute Gasteiger partial charge is 0.119 e. The summed E-state index contributed by atoms with van der Waals surface area (Å²) in [5, 5.41) is 9.82. The van der Waals surface area contributed by atoms with Gasteiger partial charge in [-0.15, -0.1) is 0 Å². The highest BCUT2D eigenvalue weighted by Gasteiger charge is 2.20. The lowest BCUT2D eigenvalue weighted by molar-refractivity contribution is 0.152. The van der Waals surface area contributed by atoms with Crippen molar-refractivity contribution in [2.45, 2.75) is 44.1 Å². The maximum absolute atomic E-state index is 9.82. The van der Waals surface area contributed by atoms with Gasteiger partial charge >= 0.3 is 0 Å². The molecule has 2 unspecified atom stereocenters. The number of hydrogen-bond donors (Lipinski definition) is 1. The van der Waals surface area contributed by atoms with Crippen molar-refractivity contribution < 1.29 is 9.84 Å². The Balaban J connectivity index is 2.14. The Kier molecular flexibility index (Phi) is 3.83. The van der Waals surface area contributed by atoms with E-state index in [1.54, 1.807) is 7.11 Å². The van der Waals surface area contributed by atoms with Crippen LogP contribution in [0.1, 0.15) is 43.6 Å². The highest BCUT2D eigenvalue weighted by Crippen LogP contribution is 2.33. The SMILES string of the molecule is COc1cccc(C2CCCCC(O)C2)c1. The summed E-state index contributed by atoms with van der Waals surface area (Å²) in [7, 11) is 1.70. The molecular weight excluding hydrogens is 200 g/mol. The van der Waals surface area contributed by atoms with Gasteiger partial charge in [0.05, 0.1) is 13.2 Å². The van der Waals surface area contributed by atoms with Gasteiger partial charge in [0, 0.05) is 0 Å². The minimum Gasteiger partial charge on any atom is -0.497 e. The zero-order chi connectivity index (χ0) is 11.4. The van der Waals surface area contributed by atoms with E-state index in [2.05, 4.69) is 12.1 Å². The fourth-order valence-corrected chi connectivity index (χ4v) is 2.53. The molecule has 0 radical (unpaired) electrons. The summed E-state index contributed by atoms with van der Waals surface area (Å²) in [6, 6.07) is 8.25. The lowest BCUT2D eigenvalue weighted by Gasteiger charge is -2.17. The van der Waals surface area contributed by atoms with Gasteiger partial charge in [0.2, 0.25) is 0 Å². The van der Waals surface area contributed by atoms with Crippen LogP contribution in [0.25, 0.3) is 0 Å². The molecule has 1 fully saturated rings. The largest absolute Gasteiger partial charge is 0.497 e. The van der Waals surface area contributed by atoms with Crippen LogP contribution in [0.3, 0.4) is 0 Å². The maximum Gasteiger partial charge on any atom is 0.119 e. The van der Waals surface area contributed by atoms with Gasteiger partial charge in [-0.2, -0.15) is 0 Å². The van der Waals surface area contributed by atoms with Crippen LogP contribution in [0, 0.1) is 0 Å². The molecule has 2 rings (SSSR count). The van der Waals surface area contributed by atoms with Crippen LogP contribution in [-0.4, -0.2) is 18.3 Å². The van der Waals surface area contributed by atoms with Crippen LogP contribution in [0.15, 0.2) is 24.3 Å². The molecule has 1 saturated carbocycles. The summed E-state index contributed by atoms with van der Waals surface area (Å²) in [4.78, 5) is 0. The van der Waals surface area contributed by atoms with Gasteiger partial charge in [-0.05, 0) is 42.9 Å². The van der Waals surface area contributed by atoms with Crippen LogP contribution >= 0.6 is 0 Å². The van der Waals surface area contributed by atoms with Gasteiger partial charge in [-0.3, -0.25) is 0 Å². The van der Waals surface area contributed by atoms with Crippen LogP contribution in [0.2, 0.25) is 0 Å². The Morgan fingerprint density at radius 2 is 2.06 bits per heavy atom. The van der Waals surface area contributed by atoms with Crippen molar-refractivity contribution >= 4 is 0 Å². The molecule has 0 bridgehead atoms. The highest BCUT2D eigenvalue weighted by molar-refractivity contribution is 5.31. The predicted molar refractivity (Wildman–Crippen MR) is 64.8 cm³/mol. The van der Waals surface area contributed by atoms with E-state index in [1.165, 1.54) is 18.4 Å². The van der Waals surface area contributed by atoms with E-state index in [4.69, 9.17) is 4.74 Å². The van der Waals surface area contributed by atoms with E-state index in [9.17, 15) is 5.11 Å². The van der Waals surface area contributed by atoms with Crippen molar-refractivity contribution in [2.24, 2.45) is 0 Å². The molecule has 88 valence electrons. The van der Waals surface area contributed by atoms with E-state index in [0.717, 1.165) is 25.0 Å². The quantitative estimate of drug-likeness (QED) is 0.776. The van der Waals surface area contributed by atoms with Crippen molar-refractivity contribution in [1.29, 1.82) is 0 Å². The molecular formula is C14H20O2. The van der Waals surface area contributed by atoms with Crippen LogP contribution in [0.5, 0.6) is 5.75 Å². The molecule has 0 aromatic heterocycles. The molecule has 1 aromatic carbocycles. The van der Waals surface area contributed by atoms with Crippen molar-refractivity contribution in [1.82, 2.24) is 0 Å². The Bertz CT molecular complexity index is 335. The maximum atomic E-state index is 9.82. The second kappa shape index (κ2) is 5.35.